The van der Waals surface area contributed by atoms with Gasteiger partial charge in [0.25, 0.3) is 0 Å². The summed E-state index contributed by atoms with van der Waals surface area (Å²) in [7, 11) is 0. The molecule has 0 saturated carbocycles. The minimum absolute atomic E-state index is 0.204. The molecular formula is C13H12BrFO3. The molecule has 18 heavy (non-hydrogen) atoms. The third-order valence-corrected chi connectivity index (χ3v) is 4.09. The van der Waals surface area contributed by atoms with Gasteiger partial charge in [0.1, 0.15) is 5.82 Å². The van der Waals surface area contributed by atoms with Gasteiger partial charge in [0.15, 0.2) is 10.1 Å². The summed E-state index contributed by atoms with van der Waals surface area (Å²) in [6.45, 7) is 1.88. The maximum absolute atomic E-state index is 13.2. The molecule has 1 aliphatic carbocycles. The molecule has 0 radical (unpaired) electrons. The number of rotatable bonds is 2. The van der Waals surface area contributed by atoms with Gasteiger partial charge in [-0.25, -0.2) is 4.39 Å². The molecule has 1 aromatic rings. The van der Waals surface area contributed by atoms with E-state index in [1.807, 2.05) is 0 Å². The molecule has 0 amide bonds. The molecule has 0 aromatic heterocycles. The summed E-state index contributed by atoms with van der Waals surface area (Å²) in [5, 5.41) is 0. The van der Waals surface area contributed by atoms with Gasteiger partial charge in [-0.2, -0.15) is 0 Å². The lowest BCUT2D eigenvalue weighted by atomic mass is 9.82. The van der Waals surface area contributed by atoms with Crippen molar-refractivity contribution in [3.63, 3.8) is 0 Å². The highest BCUT2D eigenvalue weighted by atomic mass is 79.9. The lowest BCUT2D eigenvalue weighted by molar-refractivity contribution is -0.144. The molecule has 0 heterocycles. The molecule has 1 unspecified atom stereocenters. The smallest absolute Gasteiger partial charge is 0.330 e. The molecule has 0 saturated heterocycles. The average Bonchev–Trinajstić information content (AvgIpc) is 2.35. The third kappa shape index (κ3) is 2.07. The molecule has 0 fully saturated rings. The average molecular weight is 315 g/mol. The summed E-state index contributed by atoms with van der Waals surface area (Å²) in [5.74, 6) is -1.52. The van der Waals surface area contributed by atoms with Crippen LogP contribution in [0.1, 0.15) is 29.3 Å². The molecule has 0 bridgehead atoms. The first-order valence-corrected chi connectivity index (χ1v) is 6.47. The monoisotopic (exact) mass is 314 g/mol. The first kappa shape index (κ1) is 13.2. The van der Waals surface area contributed by atoms with Gasteiger partial charge in [-0.05, 0) is 37.5 Å². The first-order valence-electron chi connectivity index (χ1n) is 5.68. The third-order valence-electron chi connectivity index (χ3n) is 3.01. The van der Waals surface area contributed by atoms with Crippen LogP contribution in [0.25, 0.3) is 0 Å². The number of benzene rings is 1. The Bertz CT molecular complexity index is 515. The number of carbonyl (C=O) groups is 2. The van der Waals surface area contributed by atoms with Crippen LogP contribution in [-0.4, -0.2) is 22.7 Å². The van der Waals surface area contributed by atoms with Gasteiger partial charge in [0, 0.05) is 5.56 Å². The van der Waals surface area contributed by atoms with Crippen molar-refractivity contribution in [1.29, 1.82) is 0 Å². The van der Waals surface area contributed by atoms with E-state index < -0.39 is 21.9 Å². The second-order valence-corrected chi connectivity index (χ2v) is 5.51. The van der Waals surface area contributed by atoms with Crippen molar-refractivity contribution >= 4 is 27.7 Å². The van der Waals surface area contributed by atoms with Crippen LogP contribution in [0, 0.1) is 5.82 Å². The SMILES string of the molecule is CCOC(=O)C1(Br)CCc2ccc(F)cc2C1=O. The van der Waals surface area contributed by atoms with Crippen molar-refractivity contribution < 1.29 is 18.7 Å². The highest BCUT2D eigenvalue weighted by Gasteiger charge is 2.48. The van der Waals surface area contributed by atoms with Crippen LogP contribution < -0.4 is 0 Å². The predicted molar refractivity (Wildman–Crippen MR) is 67.3 cm³/mol. The van der Waals surface area contributed by atoms with E-state index in [4.69, 9.17) is 4.74 Å². The lowest BCUT2D eigenvalue weighted by Crippen LogP contribution is -2.45. The number of aryl methyl sites for hydroxylation is 1. The summed E-state index contributed by atoms with van der Waals surface area (Å²) < 4.78 is 16.7. The van der Waals surface area contributed by atoms with Crippen molar-refractivity contribution in [3.05, 3.63) is 35.1 Å². The Kier molecular flexibility index (Phi) is 3.52. The normalized spacial score (nSPS) is 22.5. The lowest BCUT2D eigenvalue weighted by Gasteiger charge is -2.29. The van der Waals surface area contributed by atoms with Crippen LogP contribution in [0.2, 0.25) is 0 Å². The largest absolute Gasteiger partial charge is 0.465 e. The number of hydrogen-bond donors (Lipinski definition) is 0. The zero-order chi connectivity index (χ0) is 13.3. The Morgan fingerprint density at radius 2 is 2.28 bits per heavy atom. The summed E-state index contributed by atoms with van der Waals surface area (Å²) in [5.41, 5.74) is 1.02. The number of ketones is 1. The number of alkyl halides is 1. The molecule has 96 valence electrons. The number of Topliss-reactive ketones (excluding diaryl/α,β-unsaturated/α-hetero) is 1. The summed E-state index contributed by atoms with van der Waals surface area (Å²) >= 11 is 3.18. The highest BCUT2D eigenvalue weighted by molar-refractivity contribution is 9.10. The Labute approximate surface area is 112 Å². The molecule has 5 heteroatoms. The molecule has 0 N–H and O–H groups in total. The van der Waals surface area contributed by atoms with E-state index in [1.54, 1.807) is 13.0 Å². The van der Waals surface area contributed by atoms with Crippen molar-refractivity contribution in [2.45, 2.75) is 24.1 Å². The molecular weight excluding hydrogens is 303 g/mol. The van der Waals surface area contributed by atoms with Crippen molar-refractivity contribution in [2.24, 2.45) is 0 Å². The van der Waals surface area contributed by atoms with Crippen LogP contribution in [0.15, 0.2) is 18.2 Å². The Morgan fingerprint density at radius 3 is 2.94 bits per heavy atom. The van der Waals surface area contributed by atoms with Crippen molar-refractivity contribution in [3.8, 4) is 0 Å². The standard InChI is InChI=1S/C13H12BrFO3/c1-2-18-12(17)13(14)6-5-8-3-4-9(15)7-10(8)11(13)16/h3-4,7H,2,5-6H2,1H3. The second-order valence-electron chi connectivity index (χ2n) is 4.15. The van der Waals surface area contributed by atoms with Crippen LogP contribution in [0.3, 0.4) is 0 Å². The van der Waals surface area contributed by atoms with Gasteiger partial charge in [-0.3, -0.25) is 9.59 Å². The van der Waals surface area contributed by atoms with Gasteiger partial charge >= 0.3 is 5.97 Å². The van der Waals surface area contributed by atoms with Crippen LogP contribution >= 0.6 is 15.9 Å². The second kappa shape index (κ2) is 4.80. The van der Waals surface area contributed by atoms with E-state index in [-0.39, 0.29) is 12.2 Å². The fourth-order valence-corrected chi connectivity index (χ4v) is 2.58. The number of esters is 1. The highest BCUT2D eigenvalue weighted by Crippen LogP contribution is 2.36. The Hall–Kier alpha value is -1.23. The molecule has 2 rings (SSSR count). The topological polar surface area (TPSA) is 43.4 Å². The maximum Gasteiger partial charge on any atom is 0.330 e. The minimum Gasteiger partial charge on any atom is -0.465 e. The van der Waals surface area contributed by atoms with E-state index in [0.29, 0.717) is 12.8 Å². The van der Waals surface area contributed by atoms with E-state index >= 15 is 0 Å². The fourth-order valence-electron chi connectivity index (χ4n) is 2.05. The molecule has 0 spiro atoms. The number of halogens is 2. The minimum atomic E-state index is -1.37. The number of ether oxygens (including phenoxy) is 1. The Morgan fingerprint density at radius 1 is 1.56 bits per heavy atom. The molecule has 0 aliphatic heterocycles. The van der Waals surface area contributed by atoms with Crippen molar-refractivity contribution in [1.82, 2.24) is 0 Å². The van der Waals surface area contributed by atoms with Crippen LogP contribution in [-0.2, 0) is 16.0 Å². The maximum atomic E-state index is 13.2. The zero-order valence-corrected chi connectivity index (χ0v) is 11.4. The van der Waals surface area contributed by atoms with Crippen LogP contribution in [0.5, 0.6) is 0 Å². The van der Waals surface area contributed by atoms with Gasteiger partial charge in [0.2, 0.25) is 0 Å². The fraction of sp³-hybridized carbons (Fsp3) is 0.385. The van der Waals surface area contributed by atoms with E-state index in [0.717, 1.165) is 5.56 Å². The van der Waals surface area contributed by atoms with E-state index in [2.05, 4.69) is 15.9 Å². The van der Waals surface area contributed by atoms with Crippen molar-refractivity contribution in [2.75, 3.05) is 6.61 Å². The van der Waals surface area contributed by atoms with Gasteiger partial charge in [-0.15, -0.1) is 0 Å². The van der Waals surface area contributed by atoms with E-state index in [1.165, 1.54) is 12.1 Å². The van der Waals surface area contributed by atoms with Gasteiger partial charge in [0.05, 0.1) is 6.61 Å². The molecule has 1 atom stereocenters. The number of fused-ring (bicyclic) bond motifs is 1. The number of carbonyl (C=O) groups excluding carboxylic acids is 2. The molecule has 3 nitrogen and oxygen atoms in total. The number of hydrogen-bond acceptors (Lipinski definition) is 3. The van der Waals surface area contributed by atoms with Crippen LogP contribution in [0.4, 0.5) is 4.39 Å². The van der Waals surface area contributed by atoms with Gasteiger partial charge in [-0.1, -0.05) is 22.0 Å². The Balaban J connectivity index is 2.41. The molecule has 1 aromatic carbocycles. The summed E-state index contributed by atoms with van der Waals surface area (Å²) in [4.78, 5) is 24.1. The first-order chi connectivity index (χ1) is 8.49. The quantitative estimate of drug-likeness (QED) is 0.479. The summed E-state index contributed by atoms with van der Waals surface area (Å²) in [6.07, 6.45) is 0.856. The van der Waals surface area contributed by atoms with Gasteiger partial charge < -0.3 is 4.74 Å². The van der Waals surface area contributed by atoms with E-state index in [9.17, 15) is 14.0 Å². The molecule has 1 aliphatic rings. The summed E-state index contributed by atoms with van der Waals surface area (Å²) in [6, 6.07) is 4.07. The predicted octanol–water partition coefficient (Wildman–Crippen LogP) is 2.65. The zero-order valence-electron chi connectivity index (χ0n) is 9.83.